The number of hydrogen-bond donors (Lipinski definition) is 1. The van der Waals surface area contributed by atoms with Gasteiger partial charge in [-0.15, -0.1) is 0 Å². The van der Waals surface area contributed by atoms with E-state index in [1.807, 2.05) is 68.4 Å². The molecule has 0 spiro atoms. The lowest BCUT2D eigenvalue weighted by atomic mass is 10.1. The molecule has 4 nitrogen and oxygen atoms in total. The van der Waals surface area contributed by atoms with Gasteiger partial charge in [0, 0.05) is 22.0 Å². The highest BCUT2D eigenvalue weighted by Crippen LogP contribution is 2.23. The molecule has 0 aliphatic carbocycles. The maximum atomic E-state index is 12.1. The molecule has 1 aromatic heterocycles. The van der Waals surface area contributed by atoms with Crippen molar-refractivity contribution in [1.29, 1.82) is 0 Å². The number of thioether (sulfide) groups is 1. The van der Waals surface area contributed by atoms with Crippen molar-refractivity contribution in [2.24, 2.45) is 0 Å². The summed E-state index contributed by atoms with van der Waals surface area (Å²) in [5.74, 6) is 0.161. The molecule has 0 aliphatic rings. The molecule has 0 unspecified atom stereocenters. The zero-order chi connectivity index (χ0) is 18.5. The molecule has 132 valence electrons. The second-order valence-corrected chi connectivity index (χ2v) is 7.27. The standard InChI is InChI=1S/C20H18ClN3OS/c1-13-3-9-17(10-4-13)23-19(25)12-26-20-22-14(2)11-18(24-20)15-5-7-16(21)8-6-15/h3-11H,12H2,1-2H3,(H,23,25). The molecule has 1 amide bonds. The third-order valence-corrected chi connectivity index (χ3v) is 4.74. The van der Waals surface area contributed by atoms with Gasteiger partial charge in [-0.2, -0.15) is 0 Å². The number of carbonyl (C=O) groups is 1. The van der Waals surface area contributed by atoms with Crippen molar-refractivity contribution in [2.45, 2.75) is 19.0 Å². The van der Waals surface area contributed by atoms with E-state index in [2.05, 4.69) is 15.3 Å². The monoisotopic (exact) mass is 383 g/mol. The minimum absolute atomic E-state index is 0.0861. The van der Waals surface area contributed by atoms with E-state index in [4.69, 9.17) is 11.6 Å². The molecule has 2 aromatic carbocycles. The Kier molecular flexibility index (Phi) is 5.91. The molecule has 0 atom stereocenters. The molecular formula is C20H18ClN3OS. The van der Waals surface area contributed by atoms with Crippen LogP contribution in [0.4, 0.5) is 5.69 Å². The number of halogens is 1. The minimum atomic E-state index is -0.0861. The van der Waals surface area contributed by atoms with E-state index in [9.17, 15) is 4.79 Å². The van der Waals surface area contributed by atoms with Crippen LogP contribution in [0.2, 0.25) is 5.02 Å². The fourth-order valence-corrected chi connectivity index (χ4v) is 3.17. The van der Waals surface area contributed by atoms with Crippen molar-refractivity contribution < 1.29 is 4.79 Å². The van der Waals surface area contributed by atoms with E-state index in [0.717, 1.165) is 28.2 Å². The van der Waals surface area contributed by atoms with Gasteiger partial charge in [0.2, 0.25) is 5.91 Å². The normalized spacial score (nSPS) is 10.6. The summed E-state index contributed by atoms with van der Waals surface area (Å²) in [6.07, 6.45) is 0. The third-order valence-electron chi connectivity index (χ3n) is 3.64. The van der Waals surface area contributed by atoms with Crippen LogP contribution in [-0.4, -0.2) is 21.6 Å². The molecule has 26 heavy (non-hydrogen) atoms. The first-order valence-electron chi connectivity index (χ1n) is 8.10. The average Bonchev–Trinajstić information content (AvgIpc) is 2.62. The highest BCUT2D eigenvalue weighted by atomic mass is 35.5. The lowest BCUT2D eigenvalue weighted by Crippen LogP contribution is -2.14. The number of amides is 1. The molecule has 0 fully saturated rings. The third kappa shape index (κ3) is 5.07. The van der Waals surface area contributed by atoms with Gasteiger partial charge in [-0.1, -0.05) is 53.2 Å². The molecule has 6 heteroatoms. The first kappa shape index (κ1) is 18.4. The molecule has 0 bridgehead atoms. The lowest BCUT2D eigenvalue weighted by molar-refractivity contribution is -0.113. The lowest BCUT2D eigenvalue weighted by Gasteiger charge is -2.07. The predicted octanol–water partition coefficient (Wildman–Crippen LogP) is 5.14. The SMILES string of the molecule is Cc1ccc(NC(=O)CSc2nc(C)cc(-c3ccc(Cl)cc3)n2)cc1. The highest BCUT2D eigenvalue weighted by Gasteiger charge is 2.09. The first-order chi connectivity index (χ1) is 12.5. The van der Waals surface area contributed by atoms with Gasteiger partial charge in [0.05, 0.1) is 11.4 Å². The predicted molar refractivity (Wildman–Crippen MR) is 108 cm³/mol. The molecule has 0 saturated heterocycles. The molecule has 3 rings (SSSR count). The topological polar surface area (TPSA) is 54.9 Å². The quantitative estimate of drug-likeness (QED) is 0.489. The summed E-state index contributed by atoms with van der Waals surface area (Å²) >= 11 is 7.26. The number of anilines is 1. The van der Waals surface area contributed by atoms with Crippen molar-refractivity contribution in [3.8, 4) is 11.3 Å². The Morgan fingerprint density at radius 1 is 1.04 bits per heavy atom. The van der Waals surface area contributed by atoms with Crippen LogP contribution in [0.25, 0.3) is 11.3 Å². The zero-order valence-corrected chi connectivity index (χ0v) is 16.1. The van der Waals surface area contributed by atoms with Crippen LogP contribution in [0.5, 0.6) is 0 Å². The van der Waals surface area contributed by atoms with Crippen molar-refractivity contribution in [3.05, 3.63) is 70.9 Å². The van der Waals surface area contributed by atoms with E-state index >= 15 is 0 Å². The van der Waals surface area contributed by atoms with Gasteiger partial charge in [0.1, 0.15) is 0 Å². The van der Waals surface area contributed by atoms with Crippen molar-refractivity contribution in [3.63, 3.8) is 0 Å². The number of benzene rings is 2. The molecule has 1 N–H and O–H groups in total. The summed E-state index contributed by atoms with van der Waals surface area (Å²) < 4.78 is 0. The Bertz CT molecular complexity index is 911. The van der Waals surface area contributed by atoms with Gasteiger partial charge in [-0.3, -0.25) is 4.79 Å². The number of nitrogens with one attached hydrogen (secondary N) is 1. The van der Waals surface area contributed by atoms with Crippen LogP contribution < -0.4 is 5.32 Å². The number of rotatable bonds is 5. The molecule has 0 aliphatic heterocycles. The molecule has 1 heterocycles. The fourth-order valence-electron chi connectivity index (χ4n) is 2.34. The van der Waals surface area contributed by atoms with Crippen LogP contribution in [0, 0.1) is 13.8 Å². The number of carbonyl (C=O) groups excluding carboxylic acids is 1. The number of nitrogens with zero attached hydrogens (tertiary/aromatic N) is 2. The van der Waals surface area contributed by atoms with Crippen LogP contribution in [0.1, 0.15) is 11.3 Å². The Balaban J connectivity index is 1.66. The van der Waals surface area contributed by atoms with E-state index in [-0.39, 0.29) is 11.7 Å². The maximum absolute atomic E-state index is 12.1. The van der Waals surface area contributed by atoms with Gasteiger partial charge in [0.25, 0.3) is 0 Å². The molecule has 0 radical (unpaired) electrons. The number of aromatic nitrogens is 2. The average molecular weight is 384 g/mol. The van der Waals surface area contributed by atoms with E-state index in [1.165, 1.54) is 11.8 Å². The van der Waals surface area contributed by atoms with Gasteiger partial charge in [0.15, 0.2) is 5.16 Å². The fraction of sp³-hybridized carbons (Fsp3) is 0.150. The van der Waals surface area contributed by atoms with Gasteiger partial charge in [-0.05, 0) is 44.2 Å². The minimum Gasteiger partial charge on any atom is -0.325 e. The second-order valence-electron chi connectivity index (χ2n) is 5.89. The summed E-state index contributed by atoms with van der Waals surface area (Å²) in [6, 6.07) is 17.1. The largest absolute Gasteiger partial charge is 0.325 e. The summed E-state index contributed by atoms with van der Waals surface area (Å²) in [4.78, 5) is 21.1. The summed E-state index contributed by atoms with van der Waals surface area (Å²) in [5.41, 5.74) is 4.57. The summed E-state index contributed by atoms with van der Waals surface area (Å²) in [6.45, 7) is 3.92. The van der Waals surface area contributed by atoms with Gasteiger partial charge >= 0.3 is 0 Å². The first-order valence-corrected chi connectivity index (χ1v) is 9.47. The van der Waals surface area contributed by atoms with Crippen molar-refractivity contribution in [1.82, 2.24) is 9.97 Å². The Hall–Kier alpha value is -2.37. The molecule has 0 saturated carbocycles. The molecule has 3 aromatic rings. The smallest absolute Gasteiger partial charge is 0.234 e. The van der Waals surface area contributed by atoms with E-state index < -0.39 is 0 Å². The van der Waals surface area contributed by atoms with Gasteiger partial charge in [-0.25, -0.2) is 9.97 Å². The van der Waals surface area contributed by atoms with Crippen molar-refractivity contribution in [2.75, 3.05) is 11.1 Å². The van der Waals surface area contributed by atoms with E-state index in [0.29, 0.717) is 10.2 Å². The van der Waals surface area contributed by atoms with Gasteiger partial charge < -0.3 is 5.32 Å². The van der Waals surface area contributed by atoms with Crippen LogP contribution in [-0.2, 0) is 4.79 Å². The Labute approximate surface area is 162 Å². The van der Waals surface area contributed by atoms with Crippen LogP contribution >= 0.6 is 23.4 Å². The second kappa shape index (κ2) is 8.34. The number of hydrogen-bond acceptors (Lipinski definition) is 4. The summed E-state index contributed by atoms with van der Waals surface area (Å²) in [5, 5.41) is 4.14. The Morgan fingerprint density at radius 3 is 2.42 bits per heavy atom. The maximum Gasteiger partial charge on any atom is 0.234 e. The Morgan fingerprint density at radius 2 is 1.73 bits per heavy atom. The van der Waals surface area contributed by atoms with Crippen LogP contribution in [0.3, 0.4) is 0 Å². The van der Waals surface area contributed by atoms with Crippen LogP contribution in [0.15, 0.2) is 59.8 Å². The zero-order valence-electron chi connectivity index (χ0n) is 14.5. The molecular weight excluding hydrogens is 366 g/mol. The van der Waals surface area contributed by atoms with E-state index in [1.54, 1.807) is 0 Å². The number of aryl methyl sites for hydroxylation is 2. The highest BCUT2D eigenvalue weighted by molar-refractivity contribution is 7.99. The summed E-state index contributed by atoms with van der Waals surface area (Å²) in [7, 11) is 0. The van der Waals surface area contributed by atoms with Crippen molar-refractivity contribution >= 4 is 35.0 Å².